The van der Waals surface area contributed by atoms with Crippen molar-refractivity contribution >= 4 is 18.3 Å². The number of likely N-dealkylation sites (tertiary alicyclic amines) is 1. The number of carbonyl (C=O) groups is 1. The summed E-state index contributed by atoms with van der Waals surface area (Å²) in [6.45, 7) is 3.89. The highest BCUT2D eigenvalue weighted by atomic mass is 35.5. The molecule has 4 nitrogen and oxygen atoms in total. The molecule has 0 aromatic heterocycles. The molecule has 0 spiro atoms. The first-order valence-corrected chi connectivity index (χ1v) is 7.32. The molecule has 2 fully saturated rings. The third-order valence-corrected chi connectivity index (χ3v) is 4.32. The zero-order chi connectivity index (χ0) is 13.0. The molecule has 0 aromatic carbocycles. The average Bonchev–Trinajstić information content (AvgIpc) is 2.88. The highest BCUT2D eigenvalue weighted by Crippen LogP contribution is 2.23. The number of hydrogen-bond acceptors (Lipinski definition) is 3. The van der Waals surface area contributed by atoms with Gasteiger partial charge in [-0.05, 0) is 31.6 Å². The number of halogens is 1. The van der Waals surface area contributed by atoms with Crippen LogP contribution in [0.2, 0.25) is 0 Å². The summed E-state index contributed by atoms with van der Waals surface area (Å²) in [5.74, 6) is 0.808. The van der Waals surface area contributed by atoms with Gasteiger partial charge >= 0.3 is 0 Å². The van der Waals surface area contributed by atoms with Crippen molar-refractivity contribution in [2.75, 3.05) is 19.7 Å². The van der Waals surface area contributed by atoms with Gasteiger partial charge in [0.05, 0.1) is 6.10 Å². The lowest BCUT2D eigenvalue weighted by molar-refractivity contribution is -0.142. The molecule has 1 heterocycles. The molecule has 19 heavy (non-hydrogen) atoms. The van der Waals surface area contributed by atoms with Gasteiger partial charge in [-0.1, -0.05) is 19.8 Å². The molecule has 1 aliphatic heterocycles. The van der Waals surface area contributed by atoms with Gasteiger partial charge in [0, 0.05) is 19.1 Å². The molecule has 0 bridgehead atoms. The van der Waals surface area contributed by atoms with Gasteiger partial charge in [0.15, 0.2) is 0 Å². The maximum atomic E-state index is 12.2. The standard InChI is InChI=1S/C14H26N2O2.ClH/c1-11-6-7-16(12(8-11)9-15)14(17)10-18-13-4-2-3-5-13;/h11-13H,2-10,15H2,1H3;1H. The van der Waals surface area contributed by atoms with Gasteiger partial charge in [-0.3, -0.25) is 4.79 Å². The van der Waals surface area contributed by atoms with E-state index < -0.39 is 0 Å². The second-order valence-corrected chi connectivity index (χ2v) is 5.82. The Morgan fingerprint density at radius 2 is 2.00 bits per heavy atom. The van der Waals surface area contributed by atoms with Crippen molar-refractivity contribution < 1.29 is 9.53 Å². The van der Waals surface area contributed by atoms with E-state index in [4.69, 9.17) is 10.5 Å². The van der Waals surface area contributed by atoms with E-state index in [0.717, 1.165) is 32.2 Å². The summed E-state index contributed by atoms with van der Waals surface area (Å²) in [5.41, 5.74) is 5.78. The van der Waals surface area contributed by atoms with Crippen molar-refractivity contribution in [3.63, 3.8) is 0 Å². The van der Waals surface area contributed by atoms with Crippen molar-refractivity contribution in [2.24, 2.45) is 11.7 Å². The summed E-state index contributed by atoms with van der Waals surface area (Å²) in [5, 5.41) is 0. The first-order valence-electron chi connectivity index (χ1n) is 7.32. The number of hydrogen-bond donors (Lipinski definition) is 1. The Hall–Kier alpha value is -0.320. The van der Waals surface area contributed by atoms with Crippen LogP contribution in [0.1, 0.15) is 45.4 Å². The average molecular weight is 291 g/mol. The van der Waals surface area contributed by atoms with Crippen LogP contribution in [-0.4, -0.2) is 42.6 Å². The minimum Gasteiger partial charge on any atom is -0.368 e. The number of rotatable bonds is 4. The number of nitrogens with zero attached hydrogens (tertiary/aromatic N) is 1. The van der Waals surface area contributed by atoms with E-state index >= 15 is 0 Å². The second-order valence-electron chi connectivity index (χ2n) is 5.82. The normalized spacial score (nSPS) is 28.2. The van der Waals surface area contributed by atoms with Crippen LogP contribution in [-0.2, 0) is 9.53 Å². The van der Waals surface area contributed by atoms with E-state index in [2.05, 4.69) is 6.92 Å². The summed E-state index contributed by atoms with van der Waals surface area (Å²) in [4.78, 5) is 14.1. The Morgan fingerprint density at radius 1 is 1.32 bits per heavy atom. The van der Waals surface area contributed by atoms with Crippen LogP contribution in [0.4, 0.5) is 0 Å². The Balaban J connectivity index is 0.00000180. The molecular weight excluding hydrogens is 264 g/mol. The second kappa shape index (κ2) is 8.08. The van der Waals surface area contributed by atoms with E-state index in [-0.39, 0.29) is 31.0 Å². The van der Waals surface area contributed by atoms with Gasteiger partial charge < -0.3 is 15.4 Å². The molecule has 0 radical (unpaired) electrons. The van der Waals surface area contributed by atoms with Crippen LogP contribution in [0.5, 0.6) is 0 Å². The van der Waals surface area contributed by atoms with Gasteiger partial charge in [-0.15, -0.1) is 12.4 Å². The van der Waals surface area contributed by atoms with Crippen LogP contribution < -0.4 is 5.73 Å². The van der Waals surface area contributed by atoms with Gasteiger partial charge in [0.1, 0.15) is 6.61 Å². The van der Waals surface area contributed by atoms with Crippen LogP contribution in [0, 0.1) is 5.92 Å². The van der Waals surface area contributed by atoms with Crippen molar-refractivity contribution in [1.29, 1.82) is 0 Å². The summed E-state index contributed by atoms with van der Waals surface area (Å²) in [6, 6.07) is 0.216. The Morgan fingerprint density at radius 3 is 2.63 bits per heavy atom. The molecule has 112 valence electrons. The van der Waals surface area contributed by atoms with Gasteiger partial charge in [0.2, 0.25) is 5.91 Å². The molecular formula is C14H27ClN2O2. The molecule has 2 N–H and O–H groups in total. The van der Waals surface area contributed by atoms with E-state index in [1.807, 2.05) is 4.90 Å². The minimum absolute atomic E-state index is 0. The van der Waals surface area contributed by atoms with E-state index in [9.17, 15) is 4.79 Å². The molecule has 2 atom stereocenters. The summed E-state index contributed by atoms with van der Waals surface area (Å²) < 4.78 is 5.71. The van der Waals surface area contributed by atoms with Crippen LogP contribution in [0.3, 0.4) is 0 Å². The van der Waals surface area contributed by atoms with Crippen molar-refractivity contribution in [1.82, 2.24) is 4.90 Å². The van der Waals surface area contributed by atoms with Gasteiger partial charge in [-0.2, -0.15) is 0 Å². The predicted octanol–water partition coefficient (Wildman–Crippen LogP) is 1.95. The van der Waals surface area contributed by atoms with Crippen molar-refractivity contribution in [3.8, 4) is 0 Å². The fourth-order valence-corrected chi connectivity index (χ4v) is 3.13. The summed E-state index contributed by atoms with van der Waals surface area (Å²) >= 11 is 0. The van der Waals surface area contributed by atoms with E-state index in [1.165, 1.54) is 12.8 Å². The maximum absolute atomic E-state index is 12.2. The highest BCUT2D eigenvalue weighted by molar-refractivity contribution is 5.85. The van der Waals surface area contributed by atoms with E-state index in [1.54, 1.807) is 0 Å². The molecule has 1 saturated heterocycles. The molecule has 1 amide bonds. The highest BCUT2D eigenvalue weighted by Gasteiger charge is 2.29. The van der Waals surface area contributed by atoms with E-state index in [0.29, 0.717) is 18.6 Å². The first-order chi connectivity index (χ1) is 8.70. The van der Waals surface area contributed by atoms with Crippen molar-refractivity contribution in [3.05, 3.63) is 0 Å². The molecule has 2 unspecified atom stereocenters. The maximum Gasteiger partial charge on any atom is 0.248 e. The lowest BCUT2D eigenvalue weighted by Crippen LogP contribution is -2.50. The van der Waals surface area contributed by atoms with Gasteiger partial charge in [-0.25, -0.2) is 0 Å². The summed E-state index contributed by atoms with van der Waals surface area (Å²) in [7, 11) is 0. The van der Waals surface area contributed by atoms with Gasteiger partial charge in [0.25, 0.3) is 0 Å². The first kappa shape index (κ1) is 16.7. The minimum atomic E-state index is 0. The lowest BCUT2D eigenvalue weighted by atomic mass is 9.92. The van der Waals surface area contributed by atoms with Crippen LogP contribution >= 0.6 is 12.4 Å². The zero-order valence-electron chi connectivity index (χ0n) is 11.8. The Kier molecular flexibility index (Phi) is 7.11. The number of nitrogens with two attached hydrogens (primary N) is 1. The largest absolute Gasteiger partial charge is 0.368 e. The topological polar surface area (TPSA) is 55.6 Å². The Bertz CT molecular complexity index is 283. The van der Waals surface area contributed by atoms with Crippen LogP contribution in [0.15, 0.2) is 0 Å². The quantitative estimate of drug-likeness (QED) is 0.861. The number of carbonyl (C=O) groups excluding carboxylic acids is 1. The SMILES string of the molecule is CC1CCN(C(=O)COC2CCCC2)C(CN)C1.Cl. The molecule has 1 aliphatic carbocycles. The molecule has 0 aromatic rings. The number of ether oxygens (including phenoxy) is 1. The van der Waals surface area contributed by atoms with Crippen molar-refractivity contribution in [2.45, 2.75) is 57.6 Å². The van der Waals surface area contributed by atoms with Crippen LogP contribution in [0.25, 0.3) is 0 Å². The number of piperidine rings is 1. The lowest BCUT2D eigenvalue weighted by Gasteiger charge is -2.38. The third kappa shape index (κ3) is 4.62. The predicted molar refractivity (Wildman–Crippen MR) is 78.4 cm³/mol. The molecule has 1 saturated carbocycles. The fourth-order valence-electron chi connectivity index (χ4n) is 3.13. The molecule has 5 heteroatoms. The smallest absolute Gasteiger partial charge is 0.248 e. The fraction of sp³-hybridized carbons (Fsp3) is 0.929. The monoisotopic (exact) mass is 290 g/mol. The summed E-state index contributed by atoms with van der Waals surface area (Å²) in [6.07, 6.45) is 7.15. The third-order valence-electron chi connectivity index (χ3n) is 4.32. The number of amides is 1. The zero-order valence-corrected chi connectivity index (χ0v) is 12.7. The Labute approximate surface area is 122 Å². The molecule has 2 rings (SSSR count). The molecule has 2 aliphatic rings.